The van der Waals surface area contributed by atoms with Gasteiger partial charge >= 0.3 is 0 Å². The van der Waals surface area contributed by atoms with Crippen LogP contribution >= 0.6 is 15.9 Å². The smallest absolute Gasteiger partial charge is 0.224 e. The van der Waals surface area contributed by atoms with Crippen LogP contribution in [0.5, 0.6) is 0 Å². The van der Waals surface area contributed by atoms with Crippen LogP contribution in [0.25, 0.3) is 0 Å². The zero-order chi connectivity index (χ0) is 13.5. The van der Waals surface area contributed by atoms with Crippen LogP contribution in [0, 0.1) is 0 Å². The van der Waals surface area contributed by atoms with Gasteiger partial charge < -0.3 is 10.6 Å². The summed E-state index contributed by atoms with van der Waals surface area (Å²) in [5.41, 5.74) is 1.31. The molecule has 0 aliphatic carbocycles. The van der Waals surface area contributed by atoms with E-state index in [1.54, 1.807) is 6.20 Å². The molecule has 1 aromatic heterocycles. The van der Waals surface area contributed by atoms with E-state index in [2.05, 4.69) is 60.8 Å². The second-order valence-corrected chi connectivity index (χ2v) is 4.94. The van der Waals surface area contributed by atoms with Crippen molar-refractivity contribution in [2.24, 2.45) is 0 Å². The summed E-state index contributed by atoms with van der Waals surface area (Å²) < 4.78 is 0.877. The highest BCUT2D eigenvalue weighted by atomic mass is 79.9. The van der Waals surface area contributed by atoms with Crippen LogP contribution in [0.3, 0.4) is 0 Å². The van der Waals surface area contributed by atoms with E-state index in [-0.39, 0.29) is 0 Å². The summed E-state index contributed by atoms with van der Waals surface area (Å²) in [4.78, 5) is 8.60. The van der Waals surface area contributed by atoms with Crippen LogP contribution in [0.4, 0.5) is 11.8 Å². The lowest BCUT2D eigenvalue weighted by Gasteiger charge is -2.09. The standard InChI is InChI=1S/C14H17BrN4/c1-2-16-14-18-10-12(15)13(19-14)17-9-8-11-6-4-3-5-7-11/h3-7,10H,2,8-9H2,1H3,(H2,16,17,18,19). The van der Waals surface area contributed by atoms with Crippen LogP contribution in [0.2, 0.25) is 0 Å². The fourth-order valence-corrected chi connectivity index (χ4v) is 2.04. The van der Waals surface area contributed by atoms with E-state index in [0.29, 0.717) is 5.95 Å². The minimum absolute atomic E-state index is 0.646. The molecular formula is C14H17BrN4. The monoisotopic (exact) mass is 320 g/mol. The van der Waals surface area contributed by atoms with Gasteiger partial charge in [-0.1, -0.05) is 30.3 Å². The molecule has 0 atom stereocenters. The van der Waals surface area contributed by atoms with Crippen molar-refractivity contribution < 1.29 is 0 Å². The van der Waals surface area contributed by atoms with Crippen molar-refractivity contribution in [3.8, 4) is 0 Å². The summed E-state index contributed by atoms with van der Waals surface area (Å²) in [6, 6.07) is 10.4. The van der Waals surface area contributed by atoms with Crippen LogP contribution in [-0.2, 0) is 6.42 Å². The molecular weight excluding hydrogens is 304 g/mol. The average Bonchev–Trinajstić information content (AvgIpc) is 2.44. The first-order valence-corrected chi connectivity index (χ1v) is 7.13. The summed E-state index contributed by atoms with van der Waals surface area (Å²) in [6.07, 6.45) is 2.73. The van der Waals surface area contributed by atoms with Gasteiger partial charge in [-0.2, -0.15) is 4.98 Å². The Morgan fingerprint density at radius 1 is 1.16 bits per heavy atom. The molecule has 19 heavy (non-hydrogen) atoms. The Labute approximate surface area is 121 Å². The van der Waals surface area contributed by atoms with Crippen molar-refractivity contribution in [3.05, 3.63) is 46.6 Å². The highest BCUT2D eigenvalue weighted by Gasteiger charge is 2.03. The molecule has 0 radical (unpaired) electrons. The molecule has 2 N–H and O–H groups in total. The van der Waals surface area contributed by atoms with E-state index in [9.17, 15) is 0 Å². The highest BCUT2D eigenvalue weighted by Crippen LogP contribution is 2.19. The molecule has 0 saturated heterocycles. The van der Waals surface area contributed by atoms with Gasteiger partial charge in [0.15, 0.2) is 0 Å². The zero-order valence-corrected chi connectivity index (χ0v) is 12.4. The number of nitrogens with zero attached hydrogens (tertiary/aromatic N) is 2. The molecule has 0 amide bonds. The molecule has 0 aliphatic heterocycles. The molecule has 0 aliphatic rings. The van der Waals surface area contributed by atoms with Crippen molar-refractivity contribution in [2.45, 2.75) is 13.3 Å². The number of hydrogen-bond donors (Lipinski definition) is 2. The molecule has 0 fully saturated rings. The number of hydrogen-bond acceptors (Lipinski definition) is 4. The fourth-order valence-electron chi connectivity index (χ4n) is 1.70. The Morgan fingerprint density at radius 3 is 2.68 bits per heavy atom. The normalized spacial score (nSPS) is 10.2. The van der Waals surface area contributed by atoms with Gasteiger partial charge in [-0.15, -0.1) is 0 Å². The zero-order valence-electron chi connectivity index (χ0n) is 10.9. The van der Waals surface area contributed by atoms with Gasteiger partial charge in [0.2, 0.25) is 5.95 Å². The van der Waals surface area contributed by atoms with Crippen LogP contribution in [0.1, 0.15) is 12.5 Å². The first kappa shape index (κ1) is 13.8. The van der Waals surface area contributed by atoms with Gasteiger partial charge in [-0.05, 0) is 34.8 Å². The maximum atomic E-state index is 4.41. The number of halogens is 1. The third kappa shape index (κ3) is 4.21. The number of nitrogens with one attached hydrogen (secondary N) is 2. The lowest BCUT2D eigenvalue weighted by molar-refractivity contribution is 0.991. The lowest BCUT2D eigenvalue weighted by Crippen LogP contribution is -2.09. The van der Waals surface area contributed by atoms with E-state index in [1.807, 2.05) is 13.0 Å². The van der Waals surface area contributed by atoms with E-state index < -0.39 is 0 Å². The lowest BCUT2D eigenvalue weighted by atomic mass is 10.1. The summed E-state index contributed by atoms with van der Waals surface area (Å²) in [7, 11) is 0. The molecule has 5 heteroatoms. The third-order valence-corrected chi connectivity index (χ3v) is 3.21. The van der Waals surface area contributed by atoms with Gasteiger partial charge in [-0.25, -0.2) is 4.98 Å². The van der Waals surface area contributed by atoms with Crippen LogP contribution in [-0.4, -0.2) is 23.1 Å². The minimum atomic E-state index is 0.646. The average molecular weight is 321 g/mol. The first-order valence-electron chi connectivity index (χ1n) is 6.34. The number of rotatable bonds is 6. The maximum absolute atomic E-state index is 4.41. The molecule has 1 heterocycles. The predicted molar refractivity (Wildman–Crippen MR) is 82.5 cm³/mol. The highest BCUT2D eigenvalue weighted by molar-refractivity contribution is 9.10. The predicted octanol–water partition coefficient (Wildman–Crippen LogP) is 3.33. The van der Waals surface area contributed by atoms with Crippen molar-refractivity contribution in [1.82, 2.24) is 9.97 Å². The Kier molecular flexibility index (Phi) is 5.15. The summed E-state index contributed by atoms with van der Waals surface area (Å²) in [6.45, 7) is 3.67. The first-order chi connectivity index (χ1) is 9.29. The topological polar surface area (TPSA) is 49.8 Å². The molecule has 0 saturated carbocycles. The number of aromatic nitrogens is 2. The fraction of sp³-hybridized carbons (Fsp3) is 0.286. The SMILES string of the molecule is CCNc1ncc(Br)c(NCCc2ccccc2)n1. The van der Waals surface area contributed by atoms with E-state index in [4.69, 9.17) is 0 Å². The van der Waals surface area contributed by atoms with Crippen molar-refractivity contribution >= 4 is 27.7 Å². The molecule has 2 aromatic rings. The van der Waals surface area contributed by atoms with Gasteiger partial charge in [0.1, 0.15) is 5.82 Å². The van der Waals surface area contributed by atoms with Crippen molar-refractivity contribution in [2.75, 3.05) is 23.7 Å². The molecule has 0 unspecified atom stereocenters. The van der Waals surface area contributed by atoms with E-state index >= 15 is 0 Å². The van der Waals surface area contributed by atoms with Gasteiger partial charge in [-0.3, -0.25) is 0 Å². The summed E-state index contributed by atoms with van der Waals surface area (Å²) in [5.74, 6) is 1.47. The van der Waals surface area contributed by atoms with Crippen LogP contribution < -0.4 is 10.6 Å². The molecule has 2 rings (SSSR count). The van der Waals surface area contributed by atoms with E-state index in [0.717, 1.165) is 29.8 Å². The largest absolute Gasteiger partial charge is 0.369 e. The van der Waals surface area contributed by atoms with Crippen LogP contribution in [0.15, 0.2) is 41.0 Å². The number of anilines is 2. The molecule has 1 aromatic carbocycles. The maximum Gasteiger partial charge on any atom is 0.224 e. The number of benzene rings is 1. The Morgan fingerprint density at radius 2 is 1.95 bits per heavy atom. The second-order valence-electron chi connectivity index (χ2n) is 4.08. The Bertz CT molecular complexity index is 516. The molecule has 0 spiro atoms. The third-order valence-electron chi connectivity index (χ3n) is 2.63. The van der Waals surface area contributed by atoms with Gasteiger partial charge in [0.05, 0.1) is 4.47 Å². The van der Waals surface area contributed by atoms with Crippen molar-refractivity contribution in [1.29, 1.82) is 0 Å². The van der Waals surface area contributed by atoms with Gasteiger partial charge in [0, 0.05) is 19.3 Å². The Balaban J connectivity index is 1.93. The summed E-state index contributed by atoms with van der Waals surface area (Å²) >= 11 is 3.45. The minimum Gasteiger partial charge on any atom is -0.369 e. The van der Waals surface area contributed by atoms with Crippen molar-refractivity contribution in [3.63, 3.8) is 0 Å². The molecule has 0 bridgehead atoms. The quantitative estimate of drug-likeness (QED) is 0.857. The van der Waals surface area contributed by atoms with E-state index in [1.165, 1.54) is 5.56 Å². The summed E-state index contributed by atoms with van der Waals surface area (Å²) in [5, 5.41) is 6.42. The molecule has 4 nitrogen and oxygen atoms in total. The molecule has 100 valence electrons. The Hall–Kier alpha value is -1.62. The van der Waals surface area contributed by atoms with Gasteiger partial charge in [0.25, 0.3) is 0 Å². The second kappa shape index (κ2) is 7.09.